The normalized spacial score (nSPS) is 11.3. The van der Waals surface area contributed by atoms with E-state index in [1.807, 2.05) is 0 Å². The molecule has 2 aromatic heterocycles. The zero-order valence-corrected chi connectivity index (χ0v) is 17.3. The van der Waals surface area contributed by atoms with Crippen LogP contribution in [0.2, 0.25) is 0 Å². The molecule has 0 radical (unpaired) electrons. The van der Waals surface area contributed by atoms with Gasteiger partial charge in [-0.25, -0.2) is 0 Å². The lowest BCUT2D eigenvalue weighted by Gasteiger charge is -2.03. The van der Waals surface area contributed by atoms with Crippen LogP contribution in [0.15, 0.2) is 5.16 Å². The molecule has 0 saturated carbocycles. The van der Waals surface area contributed by atoms with Crippen LogP contribution in [0.3, 0.4) is 0 Å². The number of thioether (sulfide) groups is 1. The first-order valence-corrected chi connectivity index (χ1v) is 11.3. The van der Waals surface area contributed by atoms with Gasteiger partial charge in [0.25, 0.3) is 11.7 Å². The number of nitrogens with one attached hydrogen (secondary N) is 1. The van der Waals surface area contributed by atoms with Crippen LogP contribution in [-0.4, -0.2) is 54.0 Å². The molecule has 0 amide bonds. The highest BCUT2D eigenvalue weighted by Gasteiger charge is 2.10. The van der Waals surface area contributed by atoms with Crippen molar-refractivity contribution in [1.82, 2.24) is 30.0 Å². The third-order valence-corrected chi connectivity index (χ3v) is 5.38. The first kappa shape index (κ1) is 21.8. The Balaban J connectivity index is 1.61. The molecule has 0 atom stereocenters. The van der Waals surface area contributed by atoms with Gasteiger partial charge in [0.15, 0.2) is 0 Å². The maximum Gasteiger partial charge on any atom is 0.291 e. The molecule has 2 rings (SSSR count). The van der Waals surface area contributed by atoms with Gasteiger partial charge in [0, 0.05) is 18.9 Å². The van der Waals surface area contributed by atoms with E-state index in [1.54, 1.807) is 16.3 Å². The fourth-order valence-corrected chi connectivity index (χ4v) is 3.68. The summed E-state index contributed by atoms with van der Waals surface area (Å²) in [6.45, 7) is 3.00. The lowest BCUT2D eigenvalue weighted by Crippen LogP contribution is -2.10. The Kier molecular flexibility index (Phi) is 11.0. The van der Waals surface area contributed by atoms with Crippen molar-refractivity contribution in [3.63, 3.8) is 0 Å². The highest BCUT2D eigenvalue weighted by molar-refractivity contribution is 7.99. The number of hydrogen-bond donors (Lipinski definition) is 2. The molecule has 2 heterocycles. The molecule has 27 heavy (non-hydrogen) atoms. The highest BCUT2D eigenvalue weighted by atomic mass is 32.2. The standard InChI is InChI=1S/C18H33N7OS/c1-2-3-4-5-6-7-8-9-10-11-15-27-18-23-22-17-21-20-16(24-25(17)18)19-13-12-14-26/h26H,2-15H2,1H3,(H,19,24). The van der Waals surface area contributed by atoms with Gasteiger partial charge < -0.3 is 10.4 Å². The van der Waals surface area contributed by atoms with Crippen molar-refractivity contribution >= 4 is 23.5 Å². The summed E-state index contributed by atoms with van der Waals surface area (Å²) in [4.78, 5) is 0. The molecule has 152 valence electrons. The van der Waals surface area contributed by atoms with E-state index in [2.05, 4.69) is 37.7 Å². The number of anilines is 1. The van der Waals surface area contributed by atoms with Crippen LogP contribution < -0.4 is 5.32 Å². The Morgan fingerprint density at radius 2 is 1.52 bits per heavy atom. The minimum atomic E-state index is 0.134. The Hall–Kier alpha value is -1.48. The second kappa shape index (κ2) is 13.7. The molecule has 2 aromatic rings. The van der Waals surface area contributed by atoms with E-state index in [9.17, 15) is 0 Å². The van der Waals surface area contributed by atoms with E-state index in [0.717, 1.165) is 10.9 Å². The number of rotatable bonds is 16. The van der Waals surface area contributed by atoms with E-state index in [4.69, 9.17) is 5.11 Å². The van der Waals surface area contributed by atoms with Gasteiger partial charge in [-0.05, 0) is 12.8 Å². The number of aliphatic hydroxyl groups is 1. The van der Waals surface area contributed by atoms with Crippen molar-refractivity contribution in [2.24, 2.45) is 0 Å². The van der Waals surface area contributed by atoms with E-state index in [0.29, 0.717) is 24.7 Å². The van der Waals surface area contributed by atoms with Crippen LogP contribution in [0.5, 0.6) is 0 Å². The lowest BCUT2D eigenvalue weighted by molar-refractivity contribution is 0.292. The zero-order valence-electron chi connectivity index (χ0n) is 16.4. The van der Waals surface area contributed by atoms with Gasteiger partial charge in [0.1, 0.15) is 0 Å². The monoisotopic (exact) mass is 395 g/mol. The molecular formula is C18H33N7OS. The average Bonchev–Trinajstić information content (AvgIpc) is 3.09. The predicted molar refractivity (Wildman–Crippen MR) is 109 cm³/mol. The predicted octanol–water partition coefficient (Wildman–Crippen LogP) is 3.72. The fraction of sp³-hybridized carbons (Fsp3) is 0.833. The van der Waals surface area contributed by atoms with Crippen LogP contribution in [0.25, 0.3) is 5.78 Å². The van der Waals surface area contributed by atoms with Gasteiger partial charge in [-0.3, -0.25) is 0 Å². The Bertz CT molecular complexity index is 637. The molecule has 0 aliphatic rings. The number of unbranched alkanes of at least 4 members (excludes halogenated alkanes) is 9. The lowest BCUT2D eigenvalue weighted by atomic mass is 10.1. The number of aliphatic hydroxyl groups excluding tert-OH is 1. The SMILES string of the molecule is CCCCCCCCCCCCSc1nnc2nnc(NCCCO)nn12. The molecule has 0 aliphatic carbocycles. The highest BCUT2D eigenvalue weighted by Crippen LogP contribution is 2.18. The van der Waals surface area contributed by atoms with Crippen LogP contribution >= 0.6 is 11.8 Å². The molecule has 0 bridgehead atoms. The number of hydrogen-bond acceptors (Lipinski definition) is 8. The third kappa shape index (κ3) is 8.38. The van der Waals surface area contributed by atoms with E-state index in [-0.39, 0.29) is 6.61 Å². The Morgan fingerprint density at radius 1 is 0.852 bits per heavy atom. The summed E-state index contributed by atoms with van der Waals surface area (Å²) in [6.07, 6.45) is 14.0. The summed E-state index contributed by atoms with van der Waals surface area (Å²) >= 11 is 1.66. The molecule has 0 aliphatic heterocycles. The summed E-state index contributed by atoms with van der Waals surface area (Å²) in [5.41, 5.74) is 0. The van der Waals surface area contributed by atoms with Crippen molar-refractivity contribution in [3.8, 4) is 0 Å². The molecule has 0 fully saturated rings. The average molecular weight is 396 g/mol. The molecular weight excluding hydrogens is 362 g/mol. The second-order valence-electron chi connectivity index (χ2n) is 6.75. The van der Waals surface area contributed by atoms with Crippen LogP contribution in [0.4, 0.5) is 5.95 Å². The van der Waals surface area contributed by atoms with Crippen LogP contribution in [-0.2, 0) is 0 Å². The van der Waals surface area contributed by atoms with E-state index >= 15 is 0 Å². The fourth-order valence-electron chi connectivity index (χ4n) is 2.81. The van der Waals surface area contributed by atoms with Gasteiger partial charge in [0.2, 0.25) is 5.16 Å². The van der Waals surface area contributed by atoms with Gasteiger partial charge in [-0.15, -0.1) is 25.5 Å². The van der Waals surface area contributed by atoms with Crippen molar-refractivity contribution in [2.75, 3.05) is 24.2 Å². The van der Waals surface area contributed by atoms with Crippen LogP contribution in [0, 0.1) is 0 Å². The van der Waals surface area contributed by atoms with Gasteiger partial charge in [0.05, 0.1) is 0 Å². The van der Waals surface area contributed by atoms with E-state index < -0.39 is 0 Å². The van der Waals surface area contributed by atoms with Gasteiger partial charge in [-0.2, -0.15) is 4.52 Å². The second-order valence-corrected chi connectivity index (χ2v) is 7.81. The minimum absolute atomic E-state index is 0.134. The number of aromatic nitrogens is 6. The van der Waals surface area contributed by atoms with Crippen molar-refractivity contribution < 1.29 is 5.11 Å². The smallest absolute Gasteiger partial charge is 0.291 e. The molecule has 0 spiro atoms. The number of nitrogens with zero attached hydrogens (tertiary/aromatic N) is 6. The Morgan fingerprint density at radius 3 is 2.22 bits per heavy atom. The molecule has 0 aromatic carbocycles. The molecule has 2 N–H and O–H groups in total. The minimum Gasteiger partial charge on any atom is -0.396 e. The van der Waals surface area contributed by atoms with Gasteiger partial charge in [-0.1, -0.05) is 76.5 Å². The van der Waals surface area contributed by atoms with Crippen LogP contribution in [0.1, 0.15) is 77.6 Å². The summed E-state index contributed by atoms with van der Waals surface area (Å²) in [5.74, 6) is 1.85. The quantitative estimate of drug-likeness (QED) is 0.327. The molecule has 0 saturated heterocycles. The summed E-state index contributed by atoms with van der Waals surface area (Å²) in [6, 6.07) is 0. The first-order chi connectivity index (χ1) is 13.3. The Labute approximate surface area is 165 Å². The largest absolute Gasteiger partial charge is 0.396 e. The van der Waals surface area contributed by atoms with Crippen molar-refractivity contribution in [2.45, 2.75) is 82.7 Å². The summed E-state index contributed by atoms with van der Waals surface area (Å²) in [7, 11) is 0. The zero-order chi connectivity index (χ0) is 19.2. The summed E-state index contributed by atoms with van der Waals surface area (Å²) in [5, 5.41) is 33.2. The molecule has 0 unspecified atom stereocenters. The van der Waals surface area contributed by atoms with E-state index in [1.165, 1.54) is 64.2 Å². The topological polar surface area (TPSA) is 101 Å². The van der Waals surface area contributed by atoms with Gasteiger partial charge >= 0.3 is 0 Å². The van der Waals surface area contributed by atoms with Crippen molar-refractivity contribution in [1.29, 1.82) is 0 Å². The maximum atomic E-state index is 8.83. The number of fused-ring (bicyclic) bond motifs is 1. The molecule has 9 heteroatoms. The van der Waals surface area contributed by atoms with Crippen molar-refractivity contribution in [3.05, 3.63) is 0 Å². The summed E-state index contributed by atoms with van der Waals surface area (Å²) < 4.78 is 1.63. The third-order valence-electron chi connectivity index (χ3n) is 4.37. The molecule has 8 nitrogen and oxygen atoms in total. The maximum absolute atomic E-state index is 8.83. The first-order valence-electron chi connectivity index (χ1n) is 10.3.